The minimum atomic E-state index is -0.00303. The molecular formula is C12H26N2O. The monoisotopic (exact) mass is 214 g/mol. The average Bonchev–Trinajstić information content (AvgIpc) is 2.12. The van der Waals surface area contributed by atoms with Gasteiger partial charge in [0.25, 0.3) is 0 Å². The maximum atomic E-state index is 11.5. The van der Waals surface area contributed by atoms with Crippen molar-refractivity contribution in [3.05, 3.63) is 0 Å². The number of hydrogen-bond donors (Lipinski definition) is 2. The maximum absolute atomic E-state index is 11.5. The van der Waals surface area contributed by atoms with Crippen LogP contribution in [0, 0.1) is 5.92 Å². The standard InChI is InChI=1S/C12H26N2O/c1-7-9(2)10(3)14-11(15)8-13-12(4,5)6/h9-10,13H,7-8H2,1-6H3,(H,14,15). The van der Waals surface area contributed by atoms with E-state index >= 15 is 0 Å². The highest BCUT2D eigenvalue weighted by Gasteiger charge is 2.15. The van der Waals surface area contributed by atoms with Crippen molar-refractivity contribution in [1.82, 2.24) is 10.6 Å². The SMILES string of the molecule is CCC(C)C(C)NC(=O)CNC(C)(C)C. The van der Waals surface area contributed by atoms with Crippen molar-refractivity contribution < 1.29 is 4.79 Å². The van der Waals surface area contributed by atoms with Gasteiger partial charge in [-0.2, -0.15) is 0 Å². The largest absolute Gasteiger partial charge is 0.352 e. The van der Waals surface area contributed by atoms with Crippen LogP contribution in [0.2, 0.25) is 0 Å². The molecule has 0 rings (SSSR count). The lowest BCUT2D eigenvalue weighted by Gasteiger charge is -2.23. The quantitative estimate of drug-likeness (QED) is 0.734. The summed E-state index contributed by atoms with van der Waals surface area (Å²) in [6.45, 7) is 12.9. The third-order valence-corrected chi connectivity index (χ3v) is 2.67. The number of carbonyl (C=O) groups is 1. The van der Waals surface area contributed by atoms with E-state index in [-0.39, 0.29) is 17.5 Å². The lowest BCUT2D eigenvalue weighted by Crippen LogP contribution is -2.46. The zero-order valence-corrected chi connectivity index (χ0v) is 11.0. The van der Waals surface area contributed by atoms with Gasteiger partial charge in [0.15, 0.2) is 0 Å². The van der Waals surface area contributed by atoms with Gasteiger partial charge in [-0.1, -0.05) is 20.3 Å². The van der Waals surface area contributed by atoms with Gasteiger partial charge in [-0.3, -0.25) is 4.79 Å². The molecule has 3 heteroatoms. The topological polar surface area (TPSA) is 41.1 Å². The predicted molar refractivity (Wildman–Crippen MR) is 64.8 cm³/mol. The molecule has 0 aromatic rings. The van der Waals surface area contributed by atoms with Crippen molar-refractivity contribution in [2.24, 2.45) is 5.92 Å². The minimum absolute atomic E-state index is 0.00303. The van der Waals surface area contributed by atoms with Crippen LogP contribution in [0.25, 0.3) is 0 Å². The maximum Gasteiger partial charge on any atom is 0.234 e. The Bertz CT molecular complexity index is 196. The highest BCUT2D eigenvalue weighted by atomic mass is 16.2. The fraction of sp³-hybridized carbons (Fsp3) is 0.917. The molecule has 0 spiro atoms. The molecule has 0 aliphatic carbocycles. The van der Waals surface area contributed by atoms with Crippen molar-refractivity contribution in [3.8, 4) is 0 Å². The molecular weight excluding hydrogens is 188 g/mol. The Morgan fingerprint density at radius 2 is 1.80 bits per heavy atom. The van der Waals surface area contributed by atoms with Gasteiger partial charge < -0.3 is 10.6 Å². The van der Waals surface area contributed by atoms with Crippen molar-refractivity contribution in [2.45, 2.75) is 59.5 Å². The molecule has 3 nitrogen and oxygen atoms in total. The van der Waals surface area contributed by atoms with E-state index in [0.29, 0.717) is 12.5 Å². The van der Waals surface area contributed by atoms with Crippen LogP contribution in [0.3, 0.4) is 0 Å². The summed E-state index contributed by atoms with van der Waals surface area (Å²) in [5.74, 6) is 0.612. The number of hydrogen-bond acceptors (Lipinski definition) is 2. The Hall–Kier alpha value is -0.570. The van der Waals surface area contributed by atoms with Gasteiger partial charge in [-0.05, 0) is 33.6 Å². The molecule has 0 bridgehead atoms. The molecule has 90 valence electrons. The molecule has 0 aromatic carbocycles. The average molecular weight is 214 g/mol. The predicted octanol–water partition coefficient (Wildman–Crippen LogP) is 1.93. The number of amides is 1. The van der Waals surface area contributed by atoms with Gasteiger partial charge in [-0.15, -0.1) is 0 Å². The molecule has 0 heterocycles. The van der Waals surface area contributed by atoms with E-state index in [1.165, 1.54) is 0 Å². The number of rotatable bonds is 5. The zero-order valence-electron chi connectivity index (χ0n) is 11.0. The van der Waals surface area contributed by atoms with Gasteiger partial charge in [-0.25, -0.2) is 0 Å². The zero-order chi connectivity index (χ0) is 12.1. The van der Waals surface area contributed by atoms with E-state index in [0.717, 1.165) is 6.42 Å². The second-order valence-corrected chi connectivity index (χ2v) is 5.35. The van der Waals surface area contributed by atoms with Crippen molar-refractivity contribution in [1.29, 1.82) is 0 Å². The van der Waals surface area contributed by atoms with Gasteiger partial charge in [0.2, 0.25) is 5.91 Å². The smallest absolute Gasteiger partial charge is 0.234 e. The molecule has 0 aromatic heterocycles. The van der Waals surface area contributed by atoms with E-state index in [1.807, 2.05) is 0 Å². The second-order valence-electron chi connectivity index (χ2n) is 5.35. The van der Waals surface area contributed by atoms with Crippen LogP contribution < -0.4 is 10.6 Å². The van der Waals surface area contributed by atoms with Crippen LogP contribution in [0.1, 0.15) is 48.0 Å². The van der Waals surface area contributed by atoms with Crippen molar-refractivity contribution in [3.63, 3.8) is 0 Å². The van der Waals surface area contributed by atoms with Crippen LogP contribution in [-0.4, -0.2) is 24.0 Å². The molecule has 0 saturated carbocycles. The van der Waals surface area contributed by atoms with Gasteiger partial charge in [0, 0.05) is 11.6 Å². The van der Waals surface area contributed by atoms with Gasteiger partial charge in [0.05, 0.1) is 6.54 Å². The third-order valence-electron chi connectivity index (χ3n) is 2.67. The van der Waals surface area contributed by atoms with Crippen molar-refractivity contribution >= 4 is 5.91 Å². The molecule has 0 aliphatic heterocycles. The number of carbonyl (C=O) groups excluding carboxylic acids is 1. The molecule has 0 saturated heterocycles. The van der Waals surface area contributed by atoms with E-state index < -0.39 is 0 Å². The summed E-state index contributed by atoms with van der Waals surface area (Å²) in [6, 6.07) is 0.254. The first-order valence-corrected chi connectivity index (χ1v) is 5.80. The van der Waals surface area contributed by atoms with E-state index in [1.54, 1.807) is 0 Å². The lowest BCUT2D eigenvalue weighted by molar-refractivity contribution is -0.121. The molecule has 15 heavy (non-hydrogen) atoms. The second kappa shape index (κ2) is 6.11. The van der Waals surface area contributed by atoms with E-state index in [9.17, 15) is 4.79 Å². The summed E-state index contributed by atoms with van der Waals surface area (Å²) < 4.78 is 0. The van der Waals surface area contributed by atoms with Gasteiger partial charge in [0.1, 0.15) is 0 Å². The normalized spacial score (nSPS) is 15.9. The highest BCUT2D eigenvalue weighted by Crippen LogP contribution is 2.06. The lowest BCUT2D eigenvalue weighted by atomic mass is 10.0. The summed E-state index contributed by atoms with van der Waals surface area (Å²) in [6.07, 6.45) is 1.09. The molecule has 0 radical (unpaired) electrons. The highest BCUT2D eigenvalue weighted by molar-refractivity contribution is 5.78. The summed E-state index contributed by atoms with van der Waals surface area (Å²) in [5.41, 5.74) is -0.00303. The Morgan fingerprint density at radius 1 is 1.27 bits per heavy atom. The summed E-state index contributed by atoms with van der Waals surface area (Å²) in [5, 5.41) is 6.17. The molecule has 0 aliphatic rings. The summed E-state index contributed by atoms with van der Waals surface area (Å²) >= 11 is 0. The molecule has 0 fully saturated rings. The Balaban J connectivity index is 3.84. The summed E-state index contributed by atoms with van der Waals surface area (Å²) in [7, 11) is 0. The van der Waals surface area contributed by atoms with Crippen LogP contribution >= 0.6 is 0 Å². The fourth-order valence-corrected chi connectivity index (χ4v) is 1.15. The minimum Gasteiger partial charge on any atom is -0.352 e. The molecule has 2 unspecified atom stereocenters. The fourth-order valence-electron chi connectivity index (χ4n) is 1.15. The first-order chi connectivity index (χ1) is 6.76. The number of nitrogens with one attached hydrogen (secondary N) is 2. The molecule has 2 N–H and O–H groups in total. The van der Waals surface area contributed by atoms with Gasteiger partial charge >= 0.3 is 0 Å². The molecule has 1 amide bonds. The third kappa shape index (κ3) is 7.37. The van der Waals surface area contributed by atoms with Crippen LogP contribution in [0.4, 0.5) is 0 Å². The van der Waals surface area contributed by atoms with Crippen LogP contribution in [0.5, 0.6) is 0 Å². The van der Waals surface area contributed by atoms with Crippen LogP contribution in [-0.2, 0) is 4.79 Å². The Labute approximate surface area is 94.0 Å². The summed E-state index contributed by atoms with van der Waals surface area (Å²) in [4.78, 5) is 11.5. The van der Waals surface area contributed by atoms with E-state index in [4.69, 9.17) is 0 Å². The molecule has 2 atom stereocenters. The first-order valence-electron chi connectivity index (χ1n) is 5.80. The van der Waals surface area contributed by atoms with Crippen molar-refractivity contribution in [2.75, 3.05) is 6.54 Å². The van der Waals surface area contributed by atoms with Crippen LogP contribution in [0.15, 0.2) is 0 Å². The first kappa shape index (κ1) is 14.4. The Kier molecular flexibility index (Phi) is 5.88. The Morgan fingerprint density at radius 3 is 2.20 bits per heavy atom. The van der Waals surface area contributed by atoms with E-state index in [2.05, 4.69) is 52.2 Å².